The lowest BCUT2D eigenvalue weighted by Crippen LogP contribution is -2.49. The van der Waals surface area contributed by atoms with Crippen molar-refractivity contribution in [2.24, 2.45) is 10.9 Å². The molecule has 1 aliphatic carbocycles. The van der Waals surface area contributed by atoms with Crippen LogP contribution in [-0.2, 0) is 6.42 Å². The van der Waals surface area contributed by atoms with Crippen LogP contribution in [0.4, 0.5) is 5.82 Å². The molecule has 4 rings (SSSR count). The molecule has 1 aromatic carbocycles. The Morgan fingerprint density at radius 2 is 1.85 bits per heavy atom. The fraction of sp³-hybridized carbons (Fsp3) is 0.455. The van der Waals surface area contributed by atoms with Crippen molar-refractivity contribution in [1.82, 2.24) is 15.6 Å². The summed E-state index contributed by atoms with van der Waals surface area (Å²) in [6.45, 7) is 2.07. The van der Waals surface area contributed by atoms with Crippen molar-refractivity contribution in [2.75, 3.05) is 25.0 Å². The molecule has 2 fully saturated rings. The van der Waals surface area contributed by atoms with Gasteiger partial charge in [0.05, 0.1) is 0 Å². The Morgan fingerprint density at radius 1 is 1.07 bits per heavy atom. The Labute approximate surface area is 161 Å². The summed E-state index contributed by atoms with van der Waals surface area (Å²) in [5, 5.41) is 7.24. The highest BCUT2D eigenvalue weighted by Gasteiger charge is 2.37. The van der Waals surface area contributed by atoms with E-state index >= 15 is 0 Å². The first-order valence-electron chi connectivity index (χ1n) is 10.0. The molecule has 0 bridgehead atoms. The van der Waals surface area contributed by atoms with Gasteiger partial charge in [0.25, 0.3) is 0 Å². The summed E-state index contributed by atoms with van der Waals surface area (Å²) < 4.78 is 0. The first-order valence-corrected chi connectivity index (χ1v) is 10.0. The van der Waals surface area contributed by atoms with Crippen molar-refractivity contribution >= 4 is 11.8 Å². The number of nitrogens with zero attached hydrogens (tertiary/aromatic N) is 3. The quantitative estimate of drug-likeness (QED) is 0.634. The standard InChI is InChI=1S/C22H29N5/c1-23-22(26-20-16-18(20)15-17-7-3-2-4-8-17)25-19-10-13-27(14-11-19)21-9-5-6-12-24-21/h2-9,12,18-20H,10-11,13-16H2,1H3,(H2,23,25,26). The van der Waals surface area contributed by atoms with Crippen LogP contribution in [0.1, 0.15) is 24.8 Å². The third-order valence-corrected chi connectivity index (χ3v) is 5.62. The summed E-state index contributed by atoms with van der Waals surface area (Å²) in [5.41, 5.74) is 1.43. The smallest absolute Gasteiger partial charge is 0.191 e. The predicted molar refractivity (Wildman–Crippen MR) is 111 cm³/mol. The Balaban J connectivity index is 1.21. The number of pyridine rings is 1. The van der Waals surface area contributed by atoms with Crippen molar-refractivity contribution in [2.45, 2.75) is 37.8 Å². The average Bonchev–Trinajstić information content (AvgIpc) is 3.46. The van der Waals surface area contributed by atoms with Crippen LogP contribution in [0.5, 0.6) is 0 Å². The van der Waals surface area contributed by atoms with E-state index in [-0.39, 0.29) is 0 Å². The van der Waals surface area contributed by atoms with E-state index in [2.05, 4.69) is 68.0 Å². The fourth-order valence-electron chi connectivity index (χ4n) is 3.90. The van der Waals surface area contributed by atoms with Gasteiger partial charge in [-0.3, -0.25) is 4.99 Å². The molecule has 27 heavy (non-hydrogen) atoms. The van der Waals surface area contributed by atoms with Gasteiger partial charge in [0.15, 0.2) is 5.96 Å². The van der Waals surface area contributed by atoms with Crippen molar-refractivity contribution in [3.05, 3.63) is 60.3 Å². The van der Waals surface area contributed by atoms with E-state index < -0.39 is 0 Å². The highest BCUT2D eigenvalue weighted by molar-refractivity contribution is 5.80. The van der Waals surface area contributed by atoms with Crippen LogP contribution < -0.4 is 15.5 Å². The maximum absolute atomic E-state index is 4.46. The number of rotatable bonds is 5. The fourth-order valence-corrected chi connectivity index (χ4v) is 3.90. The molecular formula is C22H29N5. The van der Waals surface area contributed by atoms with E-state index in [0.29, 0.717) is 12.1 Å². The molecule has 142 valence electrons. The molecule has 1 saturated carbocycles. The Kier molecular flexibility index (Phi) is 5.56. The number of aliphatic imine (C=N–C) groups is 1. The largest absolute Gasteiger partial charge is 0.356 e. The maximum Gasteiger partial charge on any atom is 0.191 e. The molecule has 1 aromatic heterocycles. The molecule has 1 saturated heterocycles. The number of piperidine rings is 1. The van der Waals surface area contributed by atoms with Gasteiger partial charge in [0.1, 0.15) is 5.82 Å². The number of hydrogen-bond acceptors (Lipinski definition) is 3. The van der Waals surface area contributed by atoms with Crippen molar-refractivity contribution in [1.29, 1.82) is 0 Å². The second kappa shape index (κ2) is 8.42. The zero-order valence-electron chi connectivity index (χ0n) is 16.0. The lowest BCUT2D eigenvalue weighted by Gasteiger charge is -2.33. The first kappa shape index (κ1) is 17.8. The molecule has 0 amide bonds. The highest BCUT2D eigenvalue weighted by atomic mass is 15.2. The SMILES string of the molecule is CN=C(NC1CCN(c2ccccn2)CC1)NC1CC1Cc1ccccc1. The van der Waals surface area contributed by atoms with E-state index in [1.807, 2.05) is 19.3 Å². The van der Waals surface area contributed by atoms with Crippen LogP contribution in [0.25, 0.3) is 0 Å². The number of benzene rings is 1. The lowest BCUT2D eigenvalue weighted by atomic mass is 10.1. The molecule has 5 heteroatoms. The number of nitrogens with one attached hydrogen (secondary N) is 2. The van der Waals surface area contributed by atoms with Gasteiger partial charge < -0.3 is 15.5 Å². The van der Waals surface area contributed by atoms with E-state index in [1.54, 1.807) is 0 Å². The van der Waals surface area contributed by atoms with Crippen LogP contribution in [0, 0.1) is 5.92 Å². The van der Waals surface area contributed by atoms with E-state index in [1.165, 1.54) is 12.0 Å². The molecule has 2 unspecified atom stereocenters. The topological polar surface area (TPSA) is 52.6 Å². The van der Waals surface area contributed by atoms with Gasteiger partial charge in [-0.2, -0.15) is 0 Å². The minimum Gasteiger partial charge on any atom is -0.356 e. The molecule has 5 nitrogen and oxygen atoms in total. The van der Waals surface area contributed by atoms with Crippen LogP contribution in [-0.4, -0.2) is 43.2 Å². The molecule has 2 aliphatic rings. The van der Waals surface area contributed by atoms with E-state index in [0.717, 1.165) is 50.0 Å². The second-order valence-electron chi connectivity index (χ2n) is 7.60. The van der Waals surface area contributed by atoms with Crippen molar-refractivity contribution in [3.8, 4) is 0 Å². The van der Waals surface area contributed by atoms with Gasteiger partial charge in [-0.05, 0) is 49.3 Å². The molecule has 2 heterocycles. The summed E-state index contributed by atoms with van der Waals surface area (Å²) in [7, 11) is 1.87. The minimum atomic E-state index is 0.475. The normalized spacial score (nSPS) is 23.1. The summed E-state index contributed by atoms with van der Waals surface area (Å²) in [6.07, 6.45) is 6.46. The van der Waals surface area contributed by atoms with Crippen molar-refractivity contribution < 1.29 is 0 Å². The molecule has 2 atom stereocenters. The summed E-state index contributed by atoms with van der Waals surface area (Å²) in [5.74, 6) is 2.75. The number of guanidine groups is 1. The van der Waals surface area contributed by atoms with Crippen LogP contribution >= 0.6 is 0 Å². The Morgan fingerprint density at radius 3 is 2.56 bits per heavy atom. The lowest BCUT2D eigenvalue weighted by molar-refractivity contribution is 0.459. The summed E-state index contributed by atoms with van der Waals surface area (Å²) in [6, 6.07) is 17.9. The zero-order valence-corrected chi connectivity index (χ0v) is 16.0. The van der Waals surface area contributed by atoms with Gasteiger partial charge in [-0.1, -0.05) is 36.4 Å². The third-order valence-electron chi connectivity index (χ3n) is 5.62. The Bertz CT molecular complexity index is 738. The van der Waals surface area contributed by atoms with Crippen LogP contribution in [0.15, 0.2) is 59.7 Å². The van der Waals surface area contributed by atoms with E-state index in [9.17, 15) is 0 Å². The molecule has 1 aliphatic heterocycles. The number of anilines is 1. The van der Waals surface area contributed by atoms with Gasteiger partial charge in [0.2, 0.25) is 0 Å². The highest BCUT2D eigenvalue weighted by Crippen LogP contribution is 2.33. The number of aromatic nitrogens is 1. The second-order valence-corrected chi connectivity index (χ2v) is 7.60. The van der Waals surface area contributed by atoms with Gasteiger partial charge in [0, 0.05) is 38.4 Å². The monoisotopic (exact) mass is 363 g/mol. The Hall–Kier alpha value is -2.56. The van der Waals surface area contributed by atoms with E-state index in [4.69, 9.17) is 0 Å². The summed E-state index contributed by atoms with van der Waals surface area (Å²) in [4.78, 5) is 11.3. The van der Waals surface area contributed by atoms with Gasteiger partial charge >= 0.3 is 0 Å². The molecule has 0 spiro atoms. The zero-order chi connectivity index (χ0) is 18.5. The number of hydrogen-bond donors (Lipinski definition) is 2. The third kappa shape index (κ3) is 4.79. The molecule has 0 radical (unpaired) electrons. The van der Waals surface area contributed by atoms with Gasteiger partial charge in [-0.25, -0.2) is 4.98 Å². The van der Waals surface area contributed by atoms with Crippen molar-refractivity contribution in [3.63, 3.8) is 0 Å². The average molecular weight is 364 g/mol. The first-order chi connectivity index (χ1) is 13.3. The molecular weight excluding hydrogens is 334 g/mol. The molecule has 2 aromatic rings. The predicted octanol–water partition coefficient (Wildman–Crippen LogP) is 2.85. The minimum absolute atomic E-state index is 0.475. The maximum atomic E-state index is 4.46. The van der Waals surface area contributed by atoms with Crippen LogP contribution in [0.3, 0.4) is 0 Å². The molecule has 2 N–H and O–H groups in total. The summed E-state index contributed by atoms with van der Waals surface area (Å²) >= 11 is 0. The van der Waals surface area contributed by atoms with Crippen LogP contribution in [0.2, 0.25) is 0 Å². The van der Waals surface area contributed by atoms with Gasteiger partial charge in [-0.15, -0.1) is 0 Å².